The molecule has 1 fully saturated rings. The molecule has 0 unspecified atom stereocenters. The first kappa shape index (κ1) is 12.1. The van der Waals surface area contributed by atoms with Crippen LogP contribution in [0.25, 0.3) is 0 Å². The lowest BCUT2D eigenvalue weighted by Gasteiger charge is -2.04. The number of sulfonamides is 1. The van der Waals surface area contributed by atoms with Gasteiger partial charge in [0.15, 0.2) is 5.82 Å². The highest BCUT2D eigenvalue weighted by Crippen LogP contribution is 2.27. The molecule has 2 N–H and O–H groups in total. The molecule has 1 aliphatic carbocycles. The van der Waals surface area contributed by atoms with Gasteiger partial charge >= 0.3 is 0 Å². The van der Waals surface area contributed by atoms with Crippen molar-refractivity contribution in [1.82, 2.24) is 14.5 Å². The normalized spacial score (nSPS) is 15.8. The summed E-state index contributed by atoms with van der Waals surface area (Å²) in [6, 6.07) is 1.63. The Labute approximate surface area is 99.2 Å². The van der Waals surface area contributed by atoms with Crippen LogP contribution in [-0.4, -0.2) is 35.9 Å². The van der Waals surface area contributed by atoms with Crippen molar-refractivity contribution < 1.29 is 13.2 Å². The Morgan fingerprint density at radius 3 is 2.82 bits per heavy atom. The number of aryl methyl sites for hydroxylation is 1. The third-order valence-electron chi connectivity index (χ3n) is 2.38. The quantitative estimate of drug-likeness (QED) is 0.740. The molecule has 0 saturated heterocycles. The van der Waals surface area contributed by atoms with E-state index in [9.17, 15) is 13.2 Å². The fourth-order valence-electron chi connectivity index (χ4n) is 1.33. The van der Waals surface area contributed by atoms with Crippen molar-refractivity contribution in [2.24, 2.45) is 7.05 Å². The number of anilines is 1. The van der Waals surface area contributed by atoms with Crippen molar-refractivity contribution in [2.75, 3.05) is 11.9 Å². The van der Waals surface area contributed by atoms with Crippen molar-refractivity contribution >= 4 is 21.7 Å². The van der Waals surface area contributed by atoms with E-state index >= 15 is 0 Å². The number of amides is 1. The number of carbonyl (C=O) groups excluding carboxylic acids is 1. The zero-order chi connectivity index (χ0) is 12.5. The number of carbonyl (C=O) groups is 1. The van der Waals surface area contributed by atoms with Crippen LogP contribution in [0, 0.1) is 0 Å². The van der Waals surface area contributed by atoms with Crippen molar-refractivity contribution in [3.8, 4) is 0 Å². The molecule has 0 atom stereocenters. The van der Waals surface area contributed by atoms with Crippen LogP contribution in [0.4, 0.5) is 5.82 Å². The molecule has 0 bridgehead atoms. The van der Waals surface area contributed by atoms with E-state index < -0.39 is 15.9 Å². The second kappa shape index (κ2) is 4.46. The lowest BCUT2D eigenvalue weighted by molar-refractivity contribution is -0.115. The van der Waals surface area contributed by atoms with Gasteiger partial charge in [0.1, 0.15) is 0 Å². The average molecular weight is 258 g/mol. The summed E-state index contributed by atoms with van der Waals surface area (Å²) in [6.07, 6.45) is 3.04. The predicted molar refractivity (Wildman–Crippen MR) is 61.8 cm³/mol. The van der Waals surface area contributed by atoms with Gasteiger partial charge in [-0.2, -0.15) is 5.10 Å². The number of hydrogen-bond acceptors (Lipinski definition) is 4. The lowest BCUT2D eigenvalue weighted by Crippen LogP contribution is -2.34. The highest BCUT2D eigenvalue weighted by molar-refractivity contribution is 7.90. The zero-order valence-electron chi connectivity index (χ0n) is 9.38. The molecule has 0 radical (unpaired) electrons. The summed E-state index contributed by atoms with van der Waals surface area (Å²) >= 11 is 0. The molecule has 0 spiro atoms. The lowest BCUT2D eigenvalue weighted by atomic mass is 10.5. The zero-order valence-corrected chi connectivity index (χ0v) is 10.2. The monoisotopic (exact) mass is 258 g/mol. The minimum atomic E-state index is -3.31. The molecular formula is C9H14N4O3S. The highest BCUT2D eigenvalue weighted by Gasteiger charge is 2.35. The maximum absolute atomic E-state index is 11.4. The van der Waals surface area contributed by atoms with Gasteiger partial charge in [-0.25, -0.2) is 13.1 Å². The van der Waals surface area contributed by atoms with Gasteiger partial charge in [-0.3, -0.25) is 9.48 Å². The molecule has 0 aromatic carbocycles. The van der Waals surface area contributed by atoms with E-state index in [0.717, 1.165) is 0 Å². The summed E-state index contributed by atoms with van der Waals surface area (Å²) in [6.45, 7) is -0.255. The van der Waals surface area contributed by atoms with Gasteiger partial charge < -0.3 is 5.32 Å². The molecule has 8 heteroatoms. The fraction of sp³-hybridized carbons (Fsp3) is 0.556. The molecule has 1 heterocycles. The van der Waals surface area contributed by atoms with Crippen LogP contribution >= 0.6 is 0 Å². The van der Waals surface area contributed by atoms with Crippen LogP contribution in [0.1, 0.15) is 12.8 Å². The molecule has 1 aromatic heterocycles. The molecular weight excluding hydrogens is 244 g/mol. The van der Waals surface area contributed by atoms with Crippen LogP contribution in [0.5, 0.6) is 0 Å². The summed E-state index contributed by atoms with van der Waals surface area (Å²) < 4.78 is 26.7. The summed E-state index contributed by atoms with van der Waals surface area (Å²) in [5.41, 5.74) is 0. The molecule has 1 aromatic rings. The number of rotatable bonds is 5. The molecule has 7 nitrogen and oxygen atoms in total. The molecule has 1 amide bonds. The number of nitrogens with zero attached hydrogens (tertiary/aromatic N) is 2. The first-order valence-corrected chi connectivity index (χ1v) is 6.80. The molecule has 1 aliphatic rings. The minimum Gasteiger partial charge on any atom is -0.308 e. The van der Waals surface area contributed by atoms with E-state index in [2.05, 4.69) is 15.1 Å². The highest BCUT2D eigenvalue weighted by atomic mass is 32.2. The maximum Gasteiger partial charge on any atom is 0.240 e. The molecule has 0 aliphatic heterocycles. The SMILES string of the molecule is Cn1ccc(NC(=O)CNS(=O)(=O)C2CC2)n1. The first-order chi connectivity index (χ1) is 7.97. The van der Waals surface area contributed by atoms with Crippen LogP contribution in [0.15, 0.2) is 12.3 Å². The number of aromatic nitrogens is 2. The van der Waals surface area contributed by atoms with Gasteiger partial charge in [0, 0.05) is 19.3 Å². The second-order valence-electron chi connectivity index (χ2n) is 3.99. The van der Waals surface area contributed by atoms with Gasteiger partial charge in [-0.05, 0) is 12.8 Å². The summed E-state index contributed by atoms with van der Waals surface area (Å²) in [7, 11) is -1.58. The third kappa shape index (κ3) is 3.27. The Hall–Kier alpha value is -1.41. The van der Waals surface area contributed by atoms with Gasteiger partial charge in [0.05, 0.1) is 11.8 Å². The van der Waals surface area contributed by atoms with Crippen LogP contribution < -0.4 is 10.0 Å². The van der Waals surface area contributed by atoms with Gasteiger partial charge in [-0.15, -0.1) is 0 Å². The van der Waals surface area contributed by atoms with Crippen LogP contribution in [0.2, 0.25) is 0 Å². The Bertz CT molecular complexity index is 518. The van der Waals surface area contributed by atoms with Crippen LogP contribution in [-0.2, 0) is 21.9 Å². The fourth-order valence-corrected chi connectivity index (χ4v) is 2.66. The van der Waals surface area contributed by atoms with E-state index in [1.54, 1.807) is 24.0 Å². The van der Waals surface area contributed by atoms with Crippen molar-refractivity contribution in [1.29, 1.82) is 0 Å². The Morgan fingerprint density at radius 1 is 1.59 bits per heavy atom. The smallest absolute Gasteiger partial charge is 0.240 e. The summed E-state index contributed by atoms with van der Waals surface area (Å²) in [5, 5.41) is 6.13. The van der Waals surface area contributed by atoms with Crippen LogP contribution in [0.3, 0.4) is 0 Å². The number of nitrogens with one attached hydrogen (secondary N) is 2. The maximum atomic E-state index is 11.4. The van der Waals surface area contributed by atoms with E-state index in [1.807, 2.05) is 0 Å². The Balaban J connectivity index is 1.81. The topological polar surface area (TPSA) is 93.1 Å². The first-order valence-electron chi connectivity index (χ1n) is 5.25. The Morgan fingerprint density at radius 2 is 2.29 bits per heavy atom. The van der Waals surface area contributed by atoms with Crippen molar-refractivity contribution in [3.63, 3.8) is 0 Å². The molecule has 94 valence electrons. The second-order valence-corrected chi connectivity index (χ2v) is 6.03. The Kier molecular flexibility index (Phi) is 3.16. The van der Waals surface area contributed by atoms with E-state index in [1.165, 1.54) is 0 Å². The molecule has 1 saturated carbocycles. The van der Waals surface area contributed by atoms with E-state index in [0.29, 0.717) is 18.7 Å². The largest absolute Gasteiger partial charge is 0.308 e. The number of hydrogen-bond donors (Lipinski definition) is 2. The standard InChI is InChI=1S/C9H14N4O3S/c1-13-5-4-8(12-13)11-9(14)6-10-17(15,16)7-2-3-7/h4-5,7,10H,2-3,6H2,1H3,(H,11,12,14). The van der Waals surface area contributed by atoms with Gasteiger partial charge in [0.25, 0.3) is 0 Å². The average Bonchev–Trinajstić information content (AvgIpc) is 3.03. The molecule has 2 rings (SSSR count). The minimum absolute atomic E-state index is 0.255. The van der Waals surface area contributed by atoms with E-state index in [4.69, 9.17) is 0 Å². The van der Waals surface area contributed by atoms with Gasteiger partial charge in [-0.1, -0.05) is 0 Å². The van der Waals surface area contributed by atoms with Gasteiger partial charge in [0.2, 0.25) is 15.9 Å². The summed E-state index contributed by atoms with van der Waals surface area (Å²) in [4.78, 5) is 11.4. The van der Waals surface area contributed by atoms with Crippen molar-refractivity contribution in [2.45, 2.75) is 18.1 Å². The molecule has 17 heavy (non-hydrogen) atoms. The third-order valence-corrected chi connectivity index (χ3v) is 4.27. The summed E-state index contributed by atoms with van der Waals surface area (Å²) in [5.74, 6) is -0.0176. The van der Waals surface area contributed by atoms with E-state index in [-0.39, 0.29) is 11.8 Å². The predicted octanol–water partition coefficient (Wildman–Crippen LogP) is -0.560. The van der Waals surface area contributed by atoms with Crippen molar-refractivity contribution in [3.05, 3.63) is 12.3 Å².